The van der Waals surface area contributed by atoms with Crippen molar-refractivity contribution in [1.29, 1.82) is 0 Å². The van der Waals surface area contributed by atoms with Crippen LogP contribution in [0.25, 0.3) is 0 Å². The van der Waals surface area contributed by atoms with Crippen molar-refractivity contribution in [1.82, 2.24) is 0 Å². The van der Waals surface area contributed by atoms with Crippen LogP contribution in [0.3, 0.4) is 0 Å². The third-order valence-corrected chi connectivity index (χ3v) is 2.64. The molecule has 0 spiro atoms. The van der Waals surface area contributed by atoms with E-state index >= 15 is 0 Å². The van der Waals surface area contributed by atoms with E-state index in [0.29, 0.717) is 0 Å². The summed E-state index contributed by atoms with van der Waals surface area (Å²) in [6.07, 6.45) is 5.79. The van der Waals surface area contributed by atoms with Gasteiger partial charge in [0, 0.05) is 24.2 Å². The average Bonchev–Trinajstić information content (AvgIpc) is 1.55. The summed E-state index contributed by atoms with van der Waals surface area (Å²) in [4.78, 5) is 0. The van der Waals surface area contributed by atoms with Gasteiger partial charge in [0.1, 0.15) is 0 Å². The third kappa shape index (κ3) is 2.99. The quantitative estimate of drug-likeness (QED) is 0.589. The molecule has 0 aromatic carbocycles. The zero-order valence-electron chi connectivity index (χ0n) is 5.22. The second kappa shape index (κ2) is 4.04. The van der Waals surface area contributed by atoms with Crippen LogP contribution in [0, 0.1) is 5.92 Å². The fraction of sp³-hybridized carbons (Fsp3) is 1.00. The van der Waals surface area contributed by atoms with E-state index in [2.05, 4.69) is 0 Å². The van der Waals surface area contributed by atoms with Crippen molar-refractivity contribution in [3.05, 3.63) is 0 Å². The summed E-state index contributed by atoms with van der Waals surface area (Å²) < 4.78 is 10.6. The predicted molar refractivity (Wildman–Crippen MR) is 45.1 cm³/mol. The molecule has 0 amide bonds. The van der Waals surface area contributed by atoms with Crippen LogP contribution in [-0.4, -0.2) is 16.2 Å². The van der Waals surface area contributed by atoms with Crippen LogP contribution in [0.2, 0.25) is 0 Å². The Hall–Kier alpha value is 0.150. The van der Waals surface area contributed by atoms with Gasteiger partial charge in [0.15, 0.2) is 0 Å². The zero-order valence-corrected chi connectivity index (χ0v) is 6.04. The second-order valence-electron chi connectivity index (χ2n) is 2.54. The molecule has 1 aliphatic rings. The van der Waals surface area contributed by atoms with Gasteiger partial charge in [0.2, 0.25) is 0 Å². The van der Waals surface area contributed by atoms with Crippen LogP contribution in [-0.2, 0) is 10.8 Å². The fourth-order valence-electron chi connectivity index (χ4n) is 0.991. The standard InChI is InChI=1S/C6H12OS.CH4.H2/c1-8(7)5-6-3-2-4-6;;/h6H,2-5H2,1H3;1H4;1H. The van der Waals surface area contributed by atoms with Crippen LogP contribution >= 0.6 is 0 Å². The SMILES string of the molecule is C.CS(=O)CC1CCC1.[HH]. The average molecular weight is 150 g/mol. The maximum atomic E-state index is 10.6. The van der Waals surface area contributed by atoms with E-state index < -0.39 is 10.8 Å². The van der Waals surface area contributed by atoms with Crippen molar-refractivity contribution < 1.29 is 5.64 Å². The Morgan fingerprint density at radius 1 is 1.67 bits per heavy atom. The maximum absolute atomic E-state index is 10.6. The fourth-order valence-corrected chi connectivity index (χ4v) is 1.99. The van der Waals surface area contributed by atoms with Crippen molar-refractivity contribution in [2.24, 2.45) is 5.92 Å². The molecule has 0 saturated heterocycles. The van der Waals surface area contributed by atoms with Crippen LogP contribution in [0.15, 0.2) is 0 Å². The highest BCUT2D eigenvalue weighted by Crippen LogP contribution is 2.26. The van der Waals surface area contributed by atoms with Gasteiger partial charge < -0.3 is 0 Å². The molecule has 1 unspecified atom stereocenters. The highest BCUT2D eigenvalue weighted by molar-refractivity contribution is 7.84. The molecule has 1 saturated carbocycles. The van der Waals surface area contributed by atoms with Gasteiger partial charge in [-0.3, -0.25) is 4.21 Å². The summed E-state index contributed by atoms with van der Waals surface area (Å²) in [6.45, 7) is 0. The highest BCUT2D eigenvalue weighted by Gasteiger charge is 2.17. The Balaban J connectivity index is 0. The first-order valence-electron chi connectivity index (χ1n) is 3.09. The Morgan fingerprint density at radius 3 is 2.33 bits per heavy atom. The summed E-state index contributed by atoms with van der Waals surface area (Å²) in [5.41, 5.74) is 0. The van der Waals surface area contributed by atoms with Gasteiger partial charge in [-0.25, -0.2) is 0 Å². The van der Waals surface area contributed by atoms with Crippen LogP contribution in [0.1, 0.15) is 28.1 Å². The monoisotopic (exact) mass is 150 g/mol. The van der Waals surface area contributed by atoms with Gasteiger partial charge in [-0.2, -0.15) is 0 Å². The van der Waals surface area contributed by atoms with Gasteiger partial charge in [-0.1, -0.05) is 13.8 Å². The smallest absolute Gasteiger partial charge is 0.0260 e. The molecular formula is C7H18OS. The third-order valence-electron chi connectivity index (χ3n) is 1.70. The first-order chi connectivity index (χ1) is 3.79. The molecule has 1 fully saturated rings. The lowest BCUT2D eigenvalue weighted by Crippen LogP contribution is -2.17. The summed E-state index contributed by atoms with van der Waals surface area (Å²) in [5, 5.41) is 0. The van der Waals surface area contributed by atoms with E-state index in [1.54, 1.807) is 6.26 Å². The van der Waals surface area contributed by atoms with E-state index in [1.165, 1.54) is 19.3 Å². The largest absolute Gasteiger partial charge is 0.260 e. The Labute approximate surface area is 61.8 Å². The van der Waals surface area contributed by atoms with Crippen LogP contribution in [0.4, 0.5) is 0 Å². The van der Waals surface area contributed by atoms with Crippen molar-refractivity contribution in [3.8, 4) is 0 Å². The van der Waals surface area contributed by atoms with Crippen molar-refractivity contribution in [2.75, 3.05) is 12.0 Å². The van der Waals surface area contributed by atoms with E-state index in [1.807, 2.05) is 0 Å². The minimum Gasteiger partial charge on any atom is -0.260 e. The minimum atomic E-state index is -0.544. The molecule has 1 rings (SSSR count). The second-order valence-corrected chi connectivity index (χ2v) is 4.02. The summed E-state index contributed by atoms with van der Waals surface area (Å²) in [5.74, 6) is 1.75. The van der Waals surface area contributed by atoms with Crippen molar-refractivity contribution in [3.63, 3.8) is 0 Å². The Bertz CT molecular complexity index is 102. The van der Waals surface area contributed by atoms with Gasteiger partial charge in [-0.15, -0.1) is 0 Å². The molecule has 2 heteroatoms. The maximum Gasteiger partial charge on any atom is 0.0260 e. The molecule has 0 aliphatic heterocycles. The first-order valence-corrected chi connectivity index (χ1v) is 4.82. The Kier molecular flexibility index (Phi) is 4.11. The zero-order chi connectivity index (χ0) is 5.98. The summed E-state index contributed by atoms with van der Waals surface area (Å²) in [6, 6.07) is 0. The molecule has 1 nitrogen and oxygen atoms in total. The predicted octanol–water partition coefficient (Wildman–Crippen LogP) is 2.05. The number of hydrogen-bond donors (Lipinski definition) is 0. The number of rotatable bonds is 2. The summed E-state index contributed by atoms with van der Waals surface area (Å²) in [7, 11) is -0.544. The van der Waals surface area contributed by atoms with Gasteiger partial charge in [0.25, 0.3) is 0 Å². The topological polar surface area (TPSA) is 17.1 Å². The molecule has 0 heterocycles. The first kappa shape index (κ1) is 9.15. The molecule has 0 aromatic heterocycles. The van der Waals surface area contributed by atoms with E-state index in [-0.39, 0.29) is 8.85 Å². The van der Waals surface area contributed by atoms with Crippen molar-refractivity contribution in [2.45, 2.75) is 26.7 Å². The lowest BCUT2D eigenvalue weighted by Gasteiger charge is -2.23. The molecule has 0 N–H and O–H groups in total. The molecular weight excluding hydrogens is 132 g/mol. The highest BCUT2D eigenvalue weighted by atomic mass is 32.2. The molecule has 0 radical (unpaired) electrons. The van der Waals surface area contributed by atoms with Gasteiger partial charge in [0.05, 0.1) is 0 Å². The molecule has 9 heavy (non-hydrogen) atoms. The molecule has 0 bridgehead atoms. The van der Waals surface area contributed by atoms with Crippen molar-refractivity contribution >= 4 is 10.8 Å². The molecule has 1 atom stereocenters. The summed E-state index contributed by atoms with van der Waals surface area (Å²) >= 11 is 0. The van der Waals surface area contributed by atoms with E-state index in [0.717, 1.165) is 11.7 Å². The molecule has 1 aliphatic carbocycles. The Morgan fingerprint density at radius 2 is 2.22 bits per heavy atom. The lowest BCUT2D eigenvalue weighted by molar-refractivity contribution is 0.351. The van der Waals surface area contributed by atoms with E-state index in [4.69, 9.17) is 0 Å². The minimum absolute atomic E-state index is 0. The number of hydrogen-bond acceptors (Lipinski definition) is 1. The normalized spacial score (nSPS) is 21.9. The van der Waals surface area contributed by atoms with Gasteiger partial charge in [-0.05, 0) is 18.8 Å². The van der Waals surface area contributed by atoms with Gasteiger partial charge >= 0.3 is 0 Å². The lowest BCUT2D eigenvalue weighted by atomic mass is 9.87. The molecule has 58 valence electrons. The molecule has 0 aromatic rings. The van der Waals surface area contributed by atoms with Crippen LogP contribution in [0.5, 0.6) is 0 Å². The van der Waals surface area contributed by atoms with E-state index in [9.17, 15) is 4.21 Å². The van der Waals surface area contributed by atoms with Crippen LogP contribution < -0.4 is 0 Å².